The molecule has 0 saturated carbocycles. The molecule has 6 nitrogen and oxygen atoms in total. The van der Waals surface area contributed by atoms with E-state index < -0.39 is 18.1 Å². The Balaban J connectivity index is 2.36. The Morgan fingerprint density at radius 3 is 2.86 bits per heavy atom. The van der Waals surface area contributed by atoms with Crippen molar-refractivity contribution < 1.29 is 19.4 Å². The van der Waals surface area contributed by atoms with E-state index in [0.717, 1.165) is 0 Å². The fraction of sp³-hybridized carbons (Fsp3) is 0.750. The fourth-order valence-electron chi connectivity index (χ4n) is 1.11. The van der Waals surface area contributed by atoms with E-state index in [4.69, 9.17) is 9.84 Å². The minimum atomic E-state index is -1.05. The van der Waals surface area contributed by atoms with Crippen LogP contribution in [0.3, 0.4) is 0 Å². The van der Waals surface area contributed by atoms with Crippen molar-refractivity contribution in [2.24, 2.45) is 0 Å². The first-order chi connectivity index (χ1) is 6.61. The van der Waals surface area contributed by atoms with Crippen LogP contribution in [0, 0.1) is 0 Å². The number of aliphatic carboxylic acids is 1. The number of ether oxygens (including phenoxy) is 1. The molecule has 3 N–H and O–H groups in total. The number of morpholine rings is 1. The number of amides is 1. The van der Waals surface area contributed by atoms with Gasteiger partial charge in [0.25, 0.3) is 0 Å². The van der Waals surface area contributed by atoms with E-state index in [-0.39, 0.29) is 12.5 Å². The molecular weight excluding hydrogens is 188 g/mol. The number of carbonyl (C=O) groups is 2. The zero-order valence-electron chi connectivity index (χ0n) is 7.95. The highest BCUT2D eigenvalue weighted by Gasteiger charge is 2.23. The highest BCUT2D eigenvalue weighted by atomic mass is 16.5. The molecule has 1 heterocycles. The van der Waals surface area contributed by atoms with Gasteiger partial charge in [-0.1, -0.05) is 0 Å². The summed E-state index contributed by atoms with van der Waals surface area (Å²) in [6, 6.07) is -1.31. The molecule has 0 aromatic rings. The minimum absolute atomic E-state index is 0.290. The predicted octanol–water partition coefficient (Wildman–Crippen LogP) is -1.44. The lowest BCUT2D eigenvalue weighted by Gasteiger charge is -2.23. The quantitative estimate of drug-likeness (QED) is 0.522. The molecule has 2 atom stereocenters. The van der Waals surface area contributed by atoms with Crippen molar-refractivity contribution in [1.82, 2.24) is 10.6 Å². The monoisotopic (exact) mass is 202 g/mol. The first kappa shape index (κ1) is 10.9. The standard InChI is InChI=1S/C8H14N2O4/c1-5(8(12)13)10-7(11)6-4-14-3-2-9-6/h5-6,9H,2-4H2,1H3,(H,10,11)(H,12,13)/t5-,6?/m0/s1. The molecule has 1 rings (SSSR count). The number of carboxylic acids is 1. The van der Waals surface area contributed by atoms with Crippen molar-refractivity contribution in [2.75, 3.05) is 19.8 Å². The molecule has 0 radical (unpaired) electrons. The van der Waals surface area contributed by atoms with E-state index in [1.807, 2.05) is 0 Å². The van der Waals surface area contributed by atoms with Crippen LogP contribution >= 0.6 is 0 Å². The third-order valence-corrected chi connectivity index (χ3v) is 1.97. The van der Waals surface area contributed by atoms with Gasteiger partial charge in [-0.2, -0.15) is 0 Å². The molecule has 0 aliphatic carbocycles. The number of rotatable bonds is 3. The van der Waals surface area contributed by atoms with Crippen LogP contribution in [0.1, 0.15) is 6.92 Å². The summed E-state index contributed by atoms with van der Waals surface area (Å²) < 4.78 is 5.07. The Morgan fingerprint density at radius 2 is 2.36 bits per heavy atom. The fourth-order valence-corrected chi connectivity index (χ4v) is 1.11. The second kappa shape index (κ2) is 4.92. The summed E-state index contributed by atoms with van der Waals surface area (Å²) in [5.74, 6) is -1.38. The molecule has 0 spiro atoms. The smallest absolute Gasteiger partial charge is 0.325 e. The number of hydrogen-bond donors (Lipinski definition) is 3. The lowest BCUT2D eigenvalue weighted by molar-refractivity contribution is -0.142. The molecule has 1 aliphatic rings. The lowest BCUT2D eigenvalue weighted by atomic mass is 10.2. The van der Waals surface area contributed by atoms with Gasteiger partial charge in [0.1, 0.15) is 12.1 Å². The summed E-state index contributed by atoms with van der Waals surface area (Å²) in [6.45, 7) is 2.90. The van der Waals surface area contributed by atoms with Crippen molar-refractivity contribution in [3.05, 3.63) is 0 Å². The van der Waals surface area contributed by atoms with Crippen LogP contribution in [0.15, 0.2) is 0 Å². The van der Waals surface area contributed by atoms with Gasteiger partial charge < -0.3 is 20.5 Å². The highest BCUT2D eigenvalue weighted by Crippen LogP contribution is 1.94. The van der Waals surface area contributed by atoms with Crippen molar-refractivity contribution in [1.29, 1.82) is 0 Å². The maximum absolute atomic E-state index is 11.4. The molecule has 14 heavy (non-hydrogen) atoms. The van der Waals surface area contributed by atoms with Crippen LogP contribution in [0.25, 0.3) is 0 Å². The van der Waals surface area contributed by atoms with Gasteiger partial charge in [0.05, 0.1) is 13.2 Å². The van der Waals surface area contributed by atoms with Gasteiger partial charge in [-0.05, 0) is 6.92 Å². The molecular formula is C8H14N2O4. The molecule has 1 saturated heterocycles. The van der Waals surface area contributed by atoms with Crippen molar-refractivity contribution in [2.45, 2.75) is 19.0 Å². The second-order valence-corrected chi connectivity index (χ2v) is 3.15. The molecule has 0 aromatic carbocycles. The van der Waals surface area contributed by atoms with Gasteiger partial charge in [0.2, 0.25) is 5.91 Å². The van der Waals surface area contributed by atoms with Gasteiger partial charge in [-0.3, -0.25) is 9.59 Å². The van der Waals surface area contributed by atoms with Gasteiger partial charge in [0.15, 0.2) is 0 Å². The molecule has 1 aliphatic heterocycles. The van der Waals surface area contributed by atoms with E-state index in [1.165, 1.54) is 6.92 Å². The molecule has 0 bridgehead atoms. The third kappa shape index (κ3) is 2.97. The summed E-state index contributed by atoms with van der Waals surface area (Å²) >= 11 is 0. The van der Waals surface area contributed by atoms with Crippen LogP contribution in [0.4, 0.5) is 0 Å². The maximum atomic E-state index is 11.4. The summed E-state index contributed by atoms with van der Waals surface area (Å²) in [5.41, 5.74) is 0. The Hall–Kier alpha value is -1.14. The van der Waals surface area contributed by atoms with Crippen LogP contribution in [0.5, 0.6) is 0 Å². The van der Waals surface area contributed by atoms with Crippen molar-refractivity contribution in [3.8, 4) is 0 Å². The largest absolute Gasteiger partial charge is 0.480 e. The number of carbonyl (C=O) groups excluding carboxylic acids is 1. The summed E-state index contributed by atoms with van der Waals surface area (Å²) in [4.78, 5) is 21.8. The van der Waals surface area contributed by atoms with E-state index in [0.29, 0.717) is 13.2 Å². The molecule has 0 aromatic heterocycles. The van der Waals surface area contributed by atoms with Crippen molar-refractivity contribution >= 4 is 11.9 Å². The van der Waals surface area contributed by atoms with Crippen molar-refractivity contribution in [3.63, 3.8) is 0 Å². The van der Waals surface area contributed by atoms with Crippen LogP contribution in [-0.2, 0) is 14.3 Å². The Morgan fingerprint density at radius 1 is 1.64 bits per heavy atom. The third-order valence-electron chi connectivity index (χ3n) is 1.97. The number of hydrogen-bond acceptors (Lipinski definition) is 4. The van der Waals surface area contributed by atoms with Crippen LogP contribution in [-0.4, -0.2) is 48.8 Å². The molecule has 80 valence electrons. The normalized spacial score (nSPS) is 23.9. The van der Waals surface area contributed by atoms with Crippen LogP contribution in [0.2, 0.25) is 0 Å². The first-order valence-corrected chi connectivity index (χ1v) is 4.45. The number of nitrogens with one attached hydrogen (secondary N) is 2. The Bertz CT molecular complexity index is 225. The van der Waals surface area contributed by atoms with E-state index in [1.54, 1.807) is 0 Å². The minimum Gasteiger partial charge on any atom is -0.480 e. The first-order valence-electron chi connectivity index (χ1n) is 4.45. The van der Waals surface area contributed by atoms with E-state index in [2.05, 4.69) is 10.6 Å². The average Bonchev–Trinajstić information content (AvgIpc) is 2.19. The molecule has 6 heteroatoms. The van der Waals surface area contributed by atoms with Gasteiger partial charge in [-0.25, -0.2) is 0 Å². The number of carboxylic acid groups (broad SMARTS) is 1. The summed E-state index contributed by atoms with van der Waals surface area (Å²) in [7, 11) is 0. The Kier molecular flexibility index (Phi) is 3.84. The van der Waals surface area contributed by atoms with Gasteiger partial charge in [-0.15, -0.1) is 0 Å². The van der Waals surface area contributed by atoms with Gasteiger partial charge in [0, 0.05) is 6.54 Å². The maximum Gasteiger partial charge on any atom is 0.325 e. The predicted molar refractivity (Wildman–Crippen MR) is 47.9 cm³/mol. The van der Waals surface area contributed by atoms with E-state index in [9.17, 15) is 9.59 Å². The second-order valence-electron chi connectivity index (χ2n) is 3.15. The molecule has 1 unspecified atom stereocenters. The zero-order valence-corrected chi connectivity index (χ0v) is 7.95. The topological polar surface area (TPSA) is 87.7 Å². The zero-order chi connectivity index (χ0) is 10.6. The van der Waals surface area contributed by atoms with E-state index >= 15 is 0 Å². The average molecular weight is 202 g/mol. The van der Waals surface area contributed by atoms with Crippen LogP contribution < -0.4 is 10.6 Å². The summed E-state index contributed by atoms with van der Waals surface area (Å²) in [5, 5.41) is 13.9. The molecule has 1 amide bonds. The Labute approximate surface area is 81.6 Å². The highest BCUT2D eigenvalue weighted by molar-refractivity contribution is 5.86. The lowest BCUT2D eigenvalue weighted by Crippen LogP contribution is -2.54. The van der Waals surface area contributed by atoms with Gasteiger partial charge >= 0.3 is 5.97 Å². The summed E-state index contributed by atoms with van der Waals surface area (Å²) in [6.07, 6.45) is 0. The molecule has 1 fully saturated rings. The SMILES string of the molecule is C[C@H](NC(=O)C1COCCN1)C(=O)O.